The van der Waals surface area contributed by atoms with Gasteiger partial charge in [-0.15, -0.1) is 0 Å². The molecule has 0 amide bonds. The van der Waals surface area contributed by atoms with Crippen molar-refractivity contribution in [3.05, 3.63) is 77.7 Å². The molecule has 1 N–H and O–H groups in total. The zero-order chi connectivity index (χ0) is 11.9. The van der Waals surface area contributed by atoms with E-state index in [-0.39, 0.29) is 0 Å². The molecule has 2 aliphatic heterocycles. The van der Waals surface area contributed by atoms with E-state index in [1.54, 1.807) is 0 Å². The monoisotopic (exact) mass is 234 g/mol. The molecular weight excluding hydrogens is 220 g/mol. The average Bonchev–Trinajstić information content (AvgIpc) is 2.60. The second-order valence-corrected chi connectivity index (χ2v) is 4.78. The summed E-state index contributed by atoms with van der Waals surface area (Å²) in [7, 11) is 0. The van der Waals surface area contributed by atoms with Crippen molar-refractivity contribution in [2.75, 3.05) is 4.90 Å². The lowest BCUT2D eigenvalue weighted by Crippen LogP contribution is -2.38. The Labute approximate surface area is 107 Å². The highest BCUT2D eigenvalue weighted by Gasteiger charge is 2.30. The Kier molecular flexibility index (Phi) is 1.97. The average molecular weight is 234 g/mol. The van der Waals surface area contributed by atoms with Gasteiger partial charge in [-0.1, -0.05) is 36.4 Å². The van der Waals surface area contributed by atoms with Crippen LogP contribution in [0.15, 0.2) is 72.1 Å². The molecule has 1 aromatic carbocycles. The Morgan fingerprint density at radius 2 is 2.06 bits per heavy atom. The fraction of sp³-hybridized carbons (Fsp3) is 0.125. The summed E-state index contributed by atoms with van der Waals surface area (Å²) in [5, 5.41) is 3.56. The number of para-hydroxylation sites is 1. The van der Waals surface area contributed by atoms with Crippen LogP contribution in [0.5, 0.6) is 0 Å². The van der Waals surface area contributed by atoms with Crippen LogP contribution in [0.1, 0.15) is 5.56 Å². The Morgan fingerprint density at radius 3 is 3.06 bits per heavy atom. The molecule has 3 aliphatic rings. The van der Waals surface area contributed by atoms with E-state index in [2.05, 4.69) is 71.1 Å². The number of fused-ring (bicyclic) bond motifs is 2. The molecule has 2 nitrogen and oxygen atoms in total. The summed E-state index contributed by atoms with van der Waals surface area (Å²) in [5.41, 5.74) is 5.28. The van der Waals surface area contributed by atoms with E-state index in [9.17, 15) is 0 Å². The van der Waals surface area contributed by atoms with Crippen LogP contribution >= 0.6 is 0 Å². The molecule has 1 atom stereocenters. The van der Waals surface area contributed by atoms with Crippen LogP contribution in [0.2, 0.25) is 0 Å². The van der Waals surface area contributed by atoms with Gasteiger partial charge in [0.25, 0.3) is 0 Å². The van der Waals surface area contributed by atoms with Gasteiger partial charge in [0.1, 0.15) is 0 Å². The van der Waals surface area contributed by atoms with Gasteiger partial charge in [-0.3, -0.25) is 0 Å². The molecule has 1 aromatic rings. The van der Waals surface area contributed by atoms with Crippen LogP contribution in [0.25, 0.3) is 0 Å². The third-order valence-electron chi connectivity index (χ3n) is 3.74. The van der Waals surface area contributed by atoms with E-state index in [1.807, 2.05) is 0 Å². The maximum Gasteiger partial charge on any atom is 0.0983 e. The third kappa shape index (κ3) is 1.29. The summed E-state index contributed by atoms with van der Waals surface area (Å²) in [6.45, 7) is 0.893. The minimum atomic E-state index is 0.309. The van der Waals surface area contributed by atoms with Gasteiger partial charge < -0.3 is 10.2 Å². The van der Waals surface area contributed by atoms with Gasteiger partial charge in [-0.2, -0.15) is 0 Å². The fourth-order valence-electron chi connectivity index (χ4n) is 2.90. The molecule has 1 unspecified atom stereocenters. The van der Waals surface area contributed by atoms with E-state index in [1.165, 1.54) is 22.5 Å². The summed E-state index contributed by atoms with van der Waals surface area (Å²) in [4.78, 5) is 2.36. The molecular formula is C16H14N2. The van der Waals surface area contributed by atoms with Crippen LogP contribution in [-0.4, -0.2) is 6.04 Å². The molecule has 0 fully saturated rings. The second-order valence-electron chi connectivity index (χ2n) is 4.78. The van der Waals surface area contributed by atoms with Crippen molar-refractivity contribution < 1.29 is 0 Å². The Balaban J connectivity index is 1.92. The lowest BCUT2D eigenvalue weighted by Gasteiger charge is -2.35. The molecule has 0 saturated carbocycles. The first-order chi connectivity index (χ1) is 8.93. The molecule has 0 saturated heterocycles. The first-order valence-corrected chi connectivity index (χ1v) is 6.30. The highest BCUT2D eigenvalue weighted by Crippen LogP contribution is 2.35. The van der Waals surface area contributed by atoms with Crippen molar-refractivity contribution in [3.8, 4) is 0 Å². The Morgan fingerprint density at radius 1 is 1.11 bits per heavy atom. The number of hydrogen-bond acceptors (Lipinski definition) is 2. The quantitative estimate of drug-likeness (QED) is 0.742. The van der Waals surface area contributed by atoms with Crippen LogP contribution < -0.4 is 10.2 Å². The fourth-order valence-corrected chi connectivity index (χ4v) is 2.90. The summed E-state index contributed by atoms with van der Waals surface area (Å²) in [6.07, 6.45) is 13.0. The van der Waals surface area contributed by atoms with E-state index < -0.39 is 0 Å². The van der Waals surface area contributed by atoms with Crippen molar-refractivity contribution in [2.24, 2.45) is 0 Å². The number of allylic oxidation sites excluding steroid dienone is 4. The Bertz CT molecular complexity index is 620. The molecule has 1 aliphatic carbocycles. The third-order valence-corrected chi connectivity index (χ3v) is 3.74. The normalized spacial score (nSPS) is 23.3. The topological polar surface area (TPSA) is 15.3 Å². The zero-order valence-corrected chi connectivity index (χ0v) is 10.0. The Hall–Kier alpha value is -2.22. The van der Waals surface area contributed by atoms with Crippen LogP contribution in [0.3, 0.4) is 0 Å². The second kappa shape index (κ2) is 3.64. The first kappa shape index (κ1) is 9.77. The van der Waals surface area contributed by atoms with Gasteiger partial charge in [-0.25, -0.2) is 0 Å². The highest BCUT2D eigenvalue weighted by atomic mass is 15.2. The van der Waals surface area contributed by atoms with Crippen LogP contribution in [0, 0.1) is 0 Å². The molecule has 0 bridgehead atoms. The molecule has 18 heavy (non-hydrogen) atoms. The minimum Gasteiger partial charge on any atom is -0.382 e. The number of nitrogens with zero attached hydrogens (tertiary/aromatic N) is 1. The lowest BCUT2D eigenvalue weighted by atomic mass is 9.94. The van der Waals surface area contributed by atoms with Gasteiger partial charge in [0.2, 0.25) is 0 Å². The zero-order valence-electron chi connectivity index (χ0n) is 10.0. The molecule has 0 radical (unpaired) electrons. The smallest absolute Gasteiger partial charge is 0.0983 e. The van der Waals surface area contributed by atoms with Crippen molar-refractivity contribution in [2.45, 2.75) is 12.6 Å². The standard InChI is InChI=1S/C16H14N2/c1-2-9-15-13(5-1)11-17-14-8-3-6-12-7-4-10-18(15)16(12)14/h1-10,16-17H,11H2. The van der Waals surface area contributed by atoms with Gasteiger partial charge in [0.05, 0.1) is 6.04 Å². The number of nitrogens with one attached hydrogen (secondary N) is 1. The lowest BCUT2D eigenvalue weighted by molar-refractivity contribution is 0.733. The SMILES string of the molecule is C1=CC2=CC=CN3c4ccccc4CNC(=C1)C23. The van der Waals surface area contributed by atoms with Crippen molar-refractivity contribution in [1.29, 1.82) is 0 Å². The first-order valence-electron chi connectivity index (χ1n) is 6.30. The summed E-state index contributed by atoms with van der Waals surface area (Å²) < 4.78 is 0. The number of anilines is 1. The number of benzene rings is 1. The minimum absolute atomic E-state index is 0.309. The largest absolute Gasteiger partial charge is 0.382 e. The molecule has 2 heterocycles. The van der Waals surface area contributed by atoms with Crippen LogP contribution in [-0.2, 0) is 6.54 Å². The van der Waals surface area contributed by atoms with Gasteiger partial charge >= 0.3 is 0 Å². The van der Waals surface area contributed by atoms with Gasteiger partial charge in [0, 0.05) is 24.1 Å². The molecule has 0 spiro atoms. The predicted octanol–water partition coefficient (Wildman–Crippen LogP) is 2.87. The molecule has 4 rings (SSSR count). The van der Waals surface area contributed by atoms with Crippen molar-refractivity contribution in [1.82, 2.24) is 5.32 Å². The van der Waals surface area contributed by atoms with E-state index in [0.717, 1.165) is 6.54 Å². The van der Waals surface area contributed by atoms with Crippen molar-refractivity contribution >= 4 is 5.69 Å². The summed E-state index contributed by atoms with van der Waals surface area (Å²) in [5.74, 6) is 0. The van der Waals surface area contributed by atoms with Crippen molar-refractivity contribution in [3.63, 3.8) is 0 Å². The van der Waals surface area contributed by atoms with E-state index in [0.29, 0.717) is 6.04 Å². The number of rotatable bonds is 0. The number of hydrogen-bond donors (Lipinski definition) is 1. The predicted molar refractivity (Wildman–Crippen MR) is 74.0 cm³/mol. The maximum absolute atomic E-state index is 3.56. The summed E-state index contributed by atoms with van der Waals surface area (Å²) in [6, 6.07) is 8.92. The molecule has 2 heteroatoms. The highest BCUT2D eigenvalue weighted by molar-refractivity contribution is 5.65. The van der Waals surface area contributed by atoms with E-state index in [4.69, 9.17) is 0 Å². The maximum atomic E-state index is 3.56. The molecule has 88 valence electrons. The summed E-state index contributed by atoms with van der Waals surface area (Å²) >= 11 is 0. The molecule has 0 aromatic heterocycles. The van der Waals surface area contributed by atoms with Gasteiger partial charge in [0.15, 0.2) is 0 Å². The van der Waals surface area contributed by atoms with Gasteiger partial charge in [-0.05, 0) is 29.4 Å². The van der Waals surface area contributed by atoms with E-state index >= 15 is 0 Å². The van der Waals surface area contributed by atoms with Crippen LogP contribution in [0.4, 0.5) is 5.69 Å².